The minimum Gasteiger partial charge on any atom is -0.396 e. The maximum atomic E-state index is 10.7. The van der Waals surface area contributed by atoms with Crippen LogP contribution in [0.25, 0.3) is 0 Å². The molecule has 0 amide bonds. The molecule has 1 aromatic carbocycles. The molecule has 0 aliphatic rings. The van der Waals surface area contributed by atoms with E-state index in [1.165, 1.54) is 6.07 Å². The number of rotatable bonds is 6. The summed E-state index contributed by atoms with van der Waals surface area (Å²) in [7, 11) is 0. The minimum atomic E-state index is -0.412. The smallest absolute Gasteiger partial charge is 0.270 e. The van der Waals surface area contributed by atoms with E-state index >= 15 is 0 Å². The third-order valence-corrected chi connectivity index (χ3v) is 2.74. The summed E-state index contributed by atoms with van der Waals surface area (Å²) in [4.78, 5) is 10.3. The van der Waals surface area contributed by atoms with Gasteiger partial charge in [0.1, 0.15) is 0 Å². The monoisotopic (exact) mass is 302 g/mol. The number of nitro benzene ring substituents is 1. The number of hydrogen-bond acceptors (Lipinski definition) is 4. The average Bonchev–Trinajstić information content (AvgIpc) is 2.28. The number of aliphatic hydroxyl groups excluding tert-OH is 1. The van der Waals surface area contributed by atoms with Crippen molar-refractivity contribution in [3.8, 4) is 0 Å². The van der Waals surface area contributed by atoms with Gasteiger partial charge in [-0.15, -0.1) is 0 Å². The highest BCUT2D eigenvalue weighted by atomic mass is 79.9. The van der Waals surface area contributed by atoms with Crippen LogP contribution in [0.15, 0.2) is 22.7 Å². The van der Waals surface area contributed by atoms with Crippen molar-refractivity contribution < 1.29 is 10.0 Å². The minimum absolute atomic E-state index is 0.0754. The molecule has 2 N–H and O–H groups in total. The average molecular weight is 303 g/mol. The zero-order valence-corrected chi connectivity index (χ0v) is 11.1. The summed E-state index contributed by atoms with van der Waals surface area (Å²) in [6.07, 6.45) is 0. The van der Waals surface area contributed by atoms with Crippen molar-refractivity contribution in [3.05, 3.63) is 38.3 Å². The summed E-state index contributed by atoms with van der Waals surface area (Å²) >= 11 is 3.24. The molecule has 0 bridgehead atoms. The Kier molecular flexibility index (Phi) is 5.54. The Hall–Kier alpha value is -0.980. The summed E-state index contributed by atoms with van der Waals surface area (Å²) in [5.74, 6) is 0.178. The molecular formula is C11H15BrN2O3. The maximum Gasteiger partial charge on any atom is 0.270 e. The number of nitrogens with zero attached hydrogens (tertiary/aromatic N) is 1. The zero-order valence-electron chi connectivity index (χ0n) is 9.52. The predicted molar refractivity (Wildman–Crippen MR) is 68.8 cm³/mol. The highest BCUT2D eigenvalue weighted by Gasteiger charge is 2.08. The van der Waals surface area contributed by atoms with Crippen molar-refractivity contribution in [2.45, 2.75) is 13.5 Å². The van der Waals surface area contributed by atoms with Crippen molar-refractivity contribution in [3.63, 3.8) is 0 Å². The van der Waals surface area contributed by atoms with Crippen molar-refractivity contribution in [2.24, 2.45) is 5.92 Å². The van der Waals surface area contributed by atoms with E-state index in [0.29, 0.717) is 17.6 Å². The molecule has 1 unspecified atom stereocenters. The van der Waals surface area contributed by atoms with Crippen LogP contribution in [0.2, 0.25) is 0 Å². The number of nitrogens with one attached hydrogen (secondary N) is 1. The molecule has 0 aliphatic heterocycles. The van der Waals surface area contributed by atoms with Gasteiger partial charge in [-0.2, -0.15) is 0 Å². The molecule has 0 aliphatic carbocycles. The van der Waals surface area contributed by atoms with Crippen LogP contribution in [0.3, 0.4) is 0 Å². The van der Waals surface area contributed by atoms with Gasteiger partial charge in [0.2, 0.25) is 0 Å². The Morgan fingerprint density at radius 1 is 1.53 bits per heavy atom. The molecule has 0 saturated carbocycles. The molecule has 17 heavy (non-hydrogen) atoms. The molecule has 0 saturated heterocycles. The topological polar surface area (TPSA) is 75.4 Å². The highest BCUT2D eigenvalue weighted by molar-refractivity contribution is 9.10. The normalized spacial score (nSPS) is 12.4. The molecular weight excluding hydrogens is 288 g/mol. The van der Waals surface area contributed by atoms with E-state index in [1.807, 2.05) is 13.0 Å². The first-order valence-corrected chi connectivity index (χ1v) is 6.07. The van der Waals surface area contributed by atoms with Crippen LogP contribution >= 0.6 is 15.9 Å². The Labute approximate surface area is 108 Å². The highest BCUT2D eigenvalue weighted by Crippen LogP contribution is 2.21. The molecule has 1 aromatic rings. The first kappa shape index (κ1) is 14.1. The lowest BCUT2D eigenvalue weighted by atomic mass is 10.1. The summed E-state index contributed by atoms with van der Waals surface area (Å²) in [6.45, 7) is 3.28. The predicted octanol–water partition coefficient (Wildman–Crippen LogP) is 2.08. The number of nitro groups is 1. The van der Waals surface area contributed by atoms with Gasteiger partial charge in [-0.25, -0.2) is 0 Å². The van der Waals surface area contributed by atoms with Crippen molar-refractivity contribution in [2.75, 3.05) is 13.2 Å². The van der Waals surface area contributed by atoms with E-state index in [9.17, 15) is 10.1 Å². The van der Waals surface area contributed by atoms with Crippen LogP contribution < -0.4 is 5.32 Å². The van der Waals surface area contributed by atoms with Gasteiger partial charge < -0.3 is 10.4 Å². The largest absolute Gasteiger partial charge is 0.396 e. The zero-order chi connectivity index (χ0) is 12.8. The molecule has 0 heterocycles. The third-order valence-electron chi connectivity index (χ3n) is 2.29. The van der Waals surface area contributed by atoms with Crippen LogP contribution in [0.1, 0.15) is 12.5 Å². The van der Waals surface area contributed by atoms with Crippen molar-refractivity contribution in [1.29, 1.82) is 0 Å². The van der Waals surface area contributed by atoms with Gasteiger partial charge in [-0.3, -0.25) is 10.1 Å². The number of halogens is 1. The SMILES string of the molecule is CC(CO)CNCc1cc(Br)cc([N+](=O)[O-])c1. The van der Waals surface area contributed by atoms with E-state index in [4.69, 9.17) is 5.11 Å². The Bertz CT molecular complexity index is 398. The second kappa shape index (κ2) is 6.68. The Morgan fingerprint density at radius 2 is 2.24 bits per heavy atom. The quantitative estimate of drug-likeness (QED) is 0.623. The second-order valence-corrected chi connectivity index (χ2v) is 4.91. The van der Waals surface area contributed by atoms with Crippen LogP contribution in [0, 0.1) is 16.0 Å². The molecule has 94 valence electrons. The molecule has 0 aromatic heterocycles. The lowest BCUT2D eigenvalue weighted by molar-refractivity contribution is -0.385. The number of hydrogen-bond donors (Lipinski definition) is 2. The number of non-ortho nitro benzene ring substituents is 1. The van der Waals surface area contributed by atoms with E-state index in [-0.39, 0.29) is 18.2 Å². The molecule has 1 rings (SSSR count). The summed E-state index contributed by atoms with van der Waals surface area (Å²) in [6, 6.07) is 4.85. The fourth-order valence-corrected chi connectivity index (χ4v) is 1.90. The number of benzene rings is 1. The lowest BCUT2D eigenvalue weighted by Gasteiger charge is -2.09. The standard InChI is InChI=1S/C11H15BrN2O3/c1-8(7-15)5-13-6-9-2-10(12)4-11(3-9)14(16)17/h2-4,8,13,15H,5-7H2,1H3. The first-order valence-electron chi connectivity index (χ1n) is 5.28. The van der Waals surface area contributed by atoms with E-state index in [2.05, 4.69) is 21.2 Å². The van der Waals surface area contributed by atoms with Gasteiger partial charge in [0, 0.05) is 36.3 Å². The van der Waals surface area contributed by atoms with Crippen LogP contribution in [0.4, 0.5) is 5.69 Å². The molecule has 0 spiro atoms. The van der Waals surface area contributed by atoms with Gasteiger partial charge in [0.15, 0.2) is 0 Å². The van der Waals surface area contributed by atoms with Crippen LogP contribution in [0.5, 0.6) is 0 Å². The van der Waals surface area contributed by atoms with Crippen molar-refractivity contribution in [1.82, 2.24) is 5.32 Å². The lowest BCUT2D eigenvalue weighted by Crippen LogP contribution is -2.22. The molecule has 0 radical (unpaired) electrons. The van der Waals surface area contributed by atoms with Crippen LogP contribution in [-0.2, 0) is 6.54 Å². The Balaban J connectivity index is 2.62. The maximum absolute atomic E-state index is 10.7. The van der Waals surface area contributed by atoms with Crippen molar-refractivity contribution >= 4 is 21.6 Å². The first-order chi connectivity index (χ1) is 8.02. The third kappa shape index (κ3) is 4.80. The van der Waals surface area contributed by atoms with E-state index < -0.39 is 4.92 Å². The molecule has 1 atom stereocenters. The molecule has 6 heteroatoms. The summed E-state index contributed by atoms with van der Waals surface area (Å²) < 4.78 is 0.693. The second-order valence-electron chi connectivity index (χ2n) is 3.99. The van der Waals surface area contributed by atoms with Gasteiger partial charge in [-0.1, -0.05) is 22.9 Å². The van der Waals surface area contributed by atoms with Gasteiger partial charge in [0.25, 0.3) is 5.69 Å². The van der Waals surface area contributed by atoms with Crippen LogP contribution in [-0.4, -0.2) is 23.2 Å². The van der Waals surface area contributed by atoms with E-state index in [0.717, 1.165) is 5.56 Å². The van der Waals surface area contributed by atoms with Gasteiger partial charge in [-0.05, 0) is 17.5 Å². The fourth-order valence-electron chi connectivity index (χ4n) is 1.37. The molecule has 5 nitrogen and oxygen atoms in total. The summed E-state index contributed by atoms with van der Waals surface area (Å²) in [5, 5.41) is 22.7. The Morgan fingerprint density at radius 3 is 2.82 bits per heavy atom. The van der Waals surface area contributed by atoms with Gasteiger partial charge >= 0.3 is 0 Å². The fraction of sp³-hybridized carbons (Fsp3) is 0.455. The molecule has 0 fully saturated rings. The number of aliphatic hydroxyl groups is 1. The van der Waals surface area contributed by atoms with Gasteiger partial charge in [0.05, 0.1) is 4.92 Å². The van der Waals surface area contributed by atoms with E-state index in [1.54, 1.807) is 6.07 Å². The summed E-state index contributed by atoms with van der Waals surface area (Å²) in [5.41, 5.74) is 0.919.